The van der Waals surface area contributed by atoms with Crippen LogP contribution in [0.2, 0.25) is 0 Å². The largest absolute Gasteiger partial charge is 0.508 e. The molecule has 10 rings (SSSR count). The van der Waals surface area contributed by atoms with Crippen LogP contribution in [-0.2, 0) is 10.8 Å². The third-order valence-corrected chi connectivity index (χ3v) is 11.2. The number of rotatable bonds is 2. The first kappa shape index (κ1) is 18.7. The van der Waals surface area contributed by atoms with Crippen LogP contribution >= 0.6 is 0 Å². The maximum absolute atomic E-state index is 11.8. The summed E-state index contributed by atoms with van der Waals surface area (Å²) in [7, 11) is 0. The molecule has 2 aromatic carbocycles. The Morgan fingerprint density at radius 2 is 1.00 bits per heavy atom. The molecule has 0 amide bonds. The number of phenolic OH excluding ortho intramolecular Hbond substituents is 2. The van der Waals surface area contributed by atoms with Crippen molar-refractivity contribution in [3.8, 4) is 11.5 Å². The van der Waals surface area contributed by atoms with Gasteiger partial charge in [0.1, 0.15) is 11.5 Å². The van der Waals surface area contributed by atoms with E-state index < -0.39 is 0 Å². The molecule has 8 fully saturated rings. The standard InChI is InChI=1S/C30H36O2/c31-24-2-1-23-9-26(32)28(30-14-20-6-21(15-30)8-22(7-20)16-30)27(25(23)10-24)29-11-17-3-18(12-29)5-19(4-17)13-29/h1-2,9-10,17-22,31-32H,3-8,11-16H2. The molecule has 168 valence electrons. The summed E-state index contributed by atoms with van der Waals surface area (Å²) >= 11 is 0. The predicted octanol–water partition coefficient (Wildman–Crippen LogP) is 7.19. The van der Waals surface area contributed by atoms with E-state index in [0.29, 0.717) is 11.5 Å². The highest BCUT2D eigenvalue weighted by molar-refractivity contribution is 5.91. The Morgan fingerprint density at radius 1 is 0.562 bits per heavy atom. The minimum absolute atomic E-state index is 0.178. The van der Waals surface area contributed by atoms with Gasteiger partial charge in [-0.2, -0.15) is 0 Å². The second-order valence-corrected chi connectivity index (χ2v) is 13.4. The molecule has 32 heavy (non-hydrogen) atoms. The number of fused-ring (bicyclic) bond motifs is 1. The van der Waals surface area contributed by atoms with Gasteiger partial charge in [-0.15, -0.1) is 0 Å². The lowest BCUT2D eigenvalue weighted by molar-refractivity contribution is -0.0176. The van der Waals surface area contributed by atoms with Crippen LogP contribution in [0.25, 0.3) is 10.8 Å². The summed E-state index contributed by atoms with van der Waals surface area (Å²) < 4.78 is 0. The highest BCUT2D eigenvalue weighted by Crippen LogP contribution is 2.67. The zero-order valence-electron chi connectivity index (χ0n) is 19.2. The van der Waals surface area contributed by atoms with E-state index in [4.69, 9.17) is 0 Å². The molecule has 8 aliphatic carbocycles. The van der Waals surface area contributed by atoms with Crippen molar-refractivity contribution in [1.29, 1.82) is 0 Å². The molecular weight excluding hydrogens is 392 g/mol. The number of aromatic hydroxyl groups is 2. The van der Waals surface area contributed by atoms with Gasteiger partial charge in [-0.25, -0.2) is 0 Å². The first-order chi connectivity index (χ1) is 15.5. The van der Waals surface area contributed by atoms with E-state index in [1.807, 2.05) is 18.2 Å². The Balaban J connectivity index is 1.42. The van der Waals surface area contributed by atoms with Gasteiger partial charge in [0, 0.05) is 11.0 Å². The molecule has 0 saturated heterocycles. The van der Waals surface area contributed by atoms with Crippen molar-refractivity contribution in [2.75, 3.05) is 0 Å². The molecule has 0 aliphatic heterocycles. The van der Waals surface area contributed by atoms with Crippen molar-refractivity contribution < 1.29 is 10.2 Å². The lowest BCUT2D eigenvalue weighted by atomic mass is 9.43. The summed E-state index contributed by atoms with van der Waals surface area (Å²) in [4.78, 5) is 0. The Labute approximate surface area is 191 Å². The Hall–Kier alpha value is -1.70. The van der Waals surface area contributed by atoms with Crippen molar-refractivity contribution in [2.24, 2.45) is 35.5 Å². The summed E-state index contributed by atoms with van der Waals surface area (Å²) in [6.45, 7) is 0. The summed E-state index contributed by atoms with van der Waals surface area (Å²) in [6.07, 6.45) is 16.4. The normalized spacial score (nSPS) is 45.8. The third kappa shape index (κ3) is 2.42. The van der Waals surface area contributed by atoms with Crippen LogP contribution in [0.3, 0.4) is 0 Å². The first-order valence-electron chi connectivity index (χ1n) is 13.5. The van der Waals surface area contributed by atoms with Crippen LogP contribution < -0.4 is 0 Å². The van der Waals surface area contributed by atoms with E-state index >= 15 is 0 Å². The zero-order valence-corrected chi connectivity index (χ0v) is 19.2. The maximum atomic E-state index is 11.8. The molecule has 0 spiro atoms. The molecule has 0 aromatic heterocycles. The molecule has 2 N–H and O–H groups in total. The topological polar surface area (TPSA) is 40.5 Å². The second-order valence-electron chi connectivity index (χ2n) is 13.4. The number of hydrogen-bond donors (Lipinski definition) is 2. The van der Waals surface area contributed by atoms with Crippen LogP contribution in [0.4, 0.5) is 0 Å². The van der Waals surface area contributed by atoms with E-state index in [0.717, 1.165) is 40.9 Å². The Morgan fingerprint density at radius 3 is 1.47 bits per heavy atom. The minimum atomic E-state index is 0.178. The molecule has 8 bridgehead atoms. The second kappa shape index (κ2) is 6.05. The van der Waals surface area contributed by atoms with Gasteiger partial charge in [0.2, 0.25) is 0 Å². The van der Waals surface area contributed by atoms with Crippen molar-refractivity contribution in [2.45, 2.75) is 87.9 Å². The molecule has 0 heterocycles. The summed E-state index contributed by atoms with van der Waals surface area (Å²) in [5.41, 5.74) is 3.26. The fourth-order valence-corrected chi connectivity index (χ4v) is 11.3. The van der Waals surface area contributed by atoms with E-state index in [1.165, 1.54) is 93.6 Å². The van der Waals surface area contributed by atoms with Crippen LogP contribution in [0.1, 0.15) is 88.2 Å². The predicted molar refractivity (Wildman–Crippen MR) is 127 cm³/mol. The number of phenols is 2. The van der Waals surface area contributed by atoms with E-state index in [9.17, 15) is 10.2 Å². The van der Waals surface area contributed by atoms with Crippen LogP contribution in [0.5, 0.6) is 11.5 Å². The SMILES string of the molecule is Oc1ccc2cc(O)c(C34CC5CC(CC(C5)C3)C4)c(C34CC5CC(CC(C5)C3)C4)c2c1. The van der Waals surface area contributed by atoms with Crippen molar-refractivity contribution in [3.63, 3.8) is 0 Å². The maximum Gasteiger partial charge on any atom is 0.120 e. The molecule has 0 atom stereocenters. The monoisotopic (exact) mass is 428 g/mol. The zero-order chi connectivity index (χ0) is 21.2. The molecule has 8 saturated carbocycles. The highest BCUT2D eigenvalue weighted by Gasteiger charge is 2.57. The first-order valence-corrected chi connectivity index (χ1v) is 13.5. The molecule has 0 radical (unpaired) electrons. The van der Waals surface area contributed by atoms with Crippen LogP contribution in [-0.4, -0.2) is 10.2 Å². The molecule has 2 heteroatoms. The molecule has 8 aliphatic rings. The van der Waals surface area contributed by atoms with Gasteiger partial charge < -0.3 is 10.2 Å². The average Bonchev–Trinajstić information content (AvgIpc) is 2.71. The van der Waals surface area contributed by atoms with E-state index in [1.54, 1.807) is 6.07 Å². The van der Waals surface area contributed by atoms with Crippen molar-refractivity contribution in [3.05, 3.63) is 35.4 Å². The van der Waals surface area contributed by atoms with Crippen LogP contribution in [0.15, 0.2) is 24.3 Å². The highest BCUT2D eigenvalue weighted by atomic mass is 16.3. The van der Waals surface area contributed by atoms with Gasteiger partial charge in [0.05, 0.1) is 0 Å². The molecular formula is C30H36O2. The number of benzene rings is 2. The Bertz CT molecular complexity index is 1060. The van der Waals surface area contributed by atoms with Crippen molar-refractivity contribution >= 4 is 10.8 Å². The lowest BCUT2D eigenvalue weighted by Crippen LogP contribution is -2.52. The summed E-state index contributed by atoms with van der Waals surface area (Å²) in [6, 6.07) is 7.94. The van der Waals surface area contributed by atoms with Gasteiger partial charge in [-0.3, -0.25) is 0 Å². The smallest absolute Gasteiger partial charge is 0.120 e. The molecule has 2 aromatic rings. The van der Waals surface area contributed by atoms with E-state index in [-0.39, 0.29) is 10.8 Å². The van der Waals surface area contributed by atoms with Crippen molar-refractivity contribution in [1.82, 2.24) is 0 Å². The van der Waals surface area contributed by atoms with E-state index in [2.05, 4.69) is 0 Å². The Kier molecular flexibility index (Phi) is 3.53. The van der Waals surface area contributed by atoms with Gasteiger partial charge in [0.25, 0.3) is 0 Å². The minimum Gasteiger partial charge on any atom is -0.508 e. The fraction of sp³-hybridized carbons (Fsp3) is 0.667. The van der Waals surface area contributed by atoms with Crippen LogP contribution in [0, 0.1) is 35.5 Å². The molecule has 2 nitrogen and oxygen atoms in total. The van der Waals surface area contributed by atoms with Gasteiger partial charge in [0.15, 0.2) is 0 Å². The summed E-state index contributed by atoms with van der Waals surface area (Å²) in [5.74, 6) is 6.18. The average molecular weight is 429 g/mol. The summed E-state index contributed by atoms with van der Waals surface area (Å²) in [5, 5.41) is 24.7. The van der Waals surface area contributed by atoms with Gasteiger partial charge >= 0.3 is 0 Å². The quantitative estimate of drug-likeness (QED) is 0.531. The number of hydrogen-bond acceptors (Lipinski definition) is 2. The van der Waals surface area contributed by atoms with Gasteiger partial charge in [-0.05, 0) is 153 Å². The lowest BCUT2D eigenvalue weighted by Gasteiger charge is -2.61. The van der Waals surface area contributed by atoms with Gasteiger partial charge in [-0.1, -0.05) is 6.07 Å². The fourth-order valence-electron chi connectivity index (χ4n) is 11.3. The molecule has 0 unspecified atom stereocenters. The third-order valence-electron chi connectivity index (χ3n) is 11.2.